The highest BCUT2D eigenvalue weighted by molar-refractivity contribution is 6.07. The van der Waals surface area contributed by atoms with E-state index in [1.54, 1.807) is 7.11 Å². The lowest BCUT2D eigenvalue weighted by atomic mass is 9.83. The molecule has 2 heteroatoms. The number of hydrogen-bond acceptors (Lipinski definition) is 2. The Labute approximate surface area is 138 Å². The maximum atomic E-state index is 12.9. The van der Waals surface area contributed by atoms with Gasteiger partial charge in [0.05, 0.1) is 7.11 Å². The van der Waals surface area contributed by atoms with E-state index in [0.717, 1.165) is 35.3 Å². The number of carbonyl (C=O) groups is 1. The second kappa shape index (κ2) is 4.49. The smallest absolute Gasteiger partial charge is 0.167 e. The van der Waals surface area contributed by atoms with Crippen LogP contribution in [0.25, 0.3) is 5.57 Å². The number of methoxy groups -OCH3 is 1. The van der Waals surface area contributed by atoms with Gasteiger partial charge in [-0.15, -0.1) is 0 Å². The van der Waals surface area contributed by atoms with Gasteiger partial charge in [0, 0.05) is 17.0 Å². The number of ether oxygens (including phenoxy) is 1. The third-order valence-corrected chi connectivity index (χ3v) is 6.72. The van der Waals surface area contributed by atoms with E-state index < -0.39 is 0 Å². The average Bonchev–Trinajstić information content (AvgIpc) is 2.97. The van der Waals surface area contributed by atoms with Crippen molar-refractivity contribution >= 4 is 11.4 Å². The third-order valence-electron chi connectivity index (χ3n) is 6.72. The summed E-state index contributed by atoms with van der Waals surface area (Å²) in [6.45, 7) is 13.3. The molecule has 23 heavy (non-hydrogen) atoms. The number of Topliss-reactive ketones (excluding diaryl/α,β-unsaturated/α-hetero) is 1. The molecular formula is C21H26O2. The number of rotatable bonds is 1. The molecule has 3 aliphatic carbocycles. The number of fused-ring (bicyclic) bond motifs is 5. The molecule has 0 aliphatic heterocycles. The van der Waals surface area contributed by atoms with E-state index in [4.69, 9.17) is 4.74 Å². The van der Waals surface area contributed by atoms with Gasteiger partial charge < -0.3 is 4.74 Å². The number of allylic oxidation sites excluding steroid dienone is 1. The Hall–Kier alpha value is -1.57. The van der Waals surface area contributed by atoms with Crippen LogP contribution < -0.4 is 4.74 Å². The summed E-state index contributed by atoms with van der Waals surface area (Å²) in [5.41, 5.74) is 7.33. The molecule has 0 aromatic heterocycles. The van der Waals surface area contributed by atoms with E-state index in [9.17, 15) is 4.79 Å². The number of benzene rings is 1. The van der Waals surface area contributed by atoms with Crippen LogP contribution in [0.4, 0.5) is 0 Å². The fraction of sp³-hybridized carbons (Fsp3) is 0.571. The van der Waals surface area contributed by atoms with Gasteiger partial charge in [0.1, 0.15) is 5.75 Å². The zero-order valence-electron chi connectivity index (χ0n) is 14.9. The lowest BCUT2D eigenvalue weighted by Crippen LogP contribution is -2.10. The zero-order chi connectivity index (χ0) is 16.7. The van der Waals surface area contributed by atoms with Crippen molar-refractivity contribution in [3.63, 3.8) is 0 Å². The summed E-state index contributed by atoms with van der Waals surface area (Å²) in [6.07, 6.45) is 3.00. The Kier molecular flexibility index (Phi) is 2.93. The van der Waals surface area contributed by atoms with Gasteiger partial charge in [-0.3, -0.25) is 4.79 Å². The summed E-state index contributed by atoms with van der Waals surface area (Å²) in [5, 5.41) is 0. The maximum absolute atomic E-state index is 12.9. The molecule has 0 unspecified atom stereocenters. The van der Waals surface area contributed by atoms with E-state index >= 15 is 0 Å². The molecule has 0 N–H and O–H groups in total. The molecule has 0 saturated heterocycles. The predicted molar refractivity (Wildman–Crippen MR) is 93.2 cm³/mol. The molecule has 0 spiro atoms. The summed E-state index contributed by atoms with van der Waals surface area (Å²) >= 11 is 0. The number of ketones is 1. The van der Waals surface area contributed by atoms with Crippen molar-refractivity contribution in [3.05, 3.63) is 34.4 Å². The molecule has 122 valence electrons. The van der Waals surface area contributed by atoms with Gasteiger partial charge in [-0.2, -0.15) is 0 Å². The largest absolute Gasteiger partial charge is 0.496 e. The van der Waals surface area contributed by atoms with Crippen molar-refractivity contribution in [2.45, 2.75) is 52.9 Å². The first-order valence-electron chi connectivity index (χ1n) is 8.76. The van der Waals surface area contributed by atoms with Crippen LogP contribution in [0, 0.1) is 24.2 Å². The summed E-state index contributed by atoms with van der Waals surface area (Å²) in [4.78, 5) is 12.9. The van der Waals surface area contributed by atoms with Gasteiger partial charge in [-0.05, 0) is 65.7 Å². The minimum absolute atomic E-state index is 0.0591. The maximum Gasteiger partial charge on any atom is 0.167 e. The van der Waals surface area contributed by atoms with Gasteiger partial charge in [0.2, 0.25) is 0 Å². The van der Waals surface area contributed by atoms with Gasteiger partial charge in [0.25, 0.3) is 0 Å². The highest BCUT2D eigenvalue weighted by Gasteiger charge is 2.60. The van der Waals surface area contributed by atoms with Gasteiger partial charge in [0.15, 0.2) is 5.78 Å². The van der Waals surface area contributed by atoms with E-state index in [1.807, 2.05) is 6.92 Å². The molecule has 1 aromatic carbocycles. The van der Waals surface area contributed by atoms with Crippen molar-refractivity contribution in [2.24, 2.45) is 17.3 Å². The lowest BCUT2D eigenvalue weighted by molar-refractivity contribution is 0.0946. The lowest BCUT2D eigenvalue weighted by Gasteiger charge is -2.22. The van der Waals surface area contributed by atoms with Crippen LogP contribution in [0.1, 0.15) is 72.1 Å². The molecule has 2 nitrogen and oxygen atoms in total. The molecular weight excluding hydrogens is 284 g/mol. The normalized spacial score (nSPS) is 30.4. The van der Waals surface area contributed by atoms with Crippen LogP contribution in [0.3, 0.4) is 0 Å². The number of hydrogen-bond donors (Lipinski definition) is 0. The second-order valence-electron chi connectivity index (χ2n) is 8.32. The Morgan fingerprint density at radius 2 is 1.96 bits per heavy atom. The summed E-state index contributed by atoms with van der Waals surface area (Å²) in [7, 11) is 1.74. The summed E-state index contributed by atoms with van der Waals surface area (Å²) in [5.74, 6) is 2.54. The standard InChI is InChI=1S/C21H26O2/c1-10-7-8-14-18(21(14,4)5)16-12(3)20(23-6)13-9-11(2)19(22)17(13)15(10)16/h11,14,18H,1,7-9H2,2-6H3/t11-,14-,18-/m1/s1. The highest BCUT2D eigenvalue weighted by Crippen LogP contribution is 2.70. The highest BCUT2D eigenvalue weighted by atomic mass is 16.5. The quantitative estimate of drug-likeness (QED) is 0.735. The first kappa shape index (κ1) is 15.0. The minimum atomic E-state index is 0.0591. The van der Waals surface area contributed by atoms with Crippen LogP contribution in [0.2, 0.25) is 0 Å². The fourth-order valence-corrected chi connectivity index (χ4v) is 5.39. The molecule has 0 amide bonds. The van der Waals surface area contributed by atoms with Crippen LogP contribution in [0.15, 0.2) is 6.58 Å². The van der Waals surface area contributed by atoms with Crippen molar-refractivity contribution in [1.82, 2.24) is 0 Å². The number of carbonyl (C=O) groups excluding carboxylic acids is 1. The minimum Gasteiger partial charge on any atom is -0.496 e. The monoisotopic (exact) mass is 310 g/mol. The SMILES string of the molecule is C=C1CC[C@@H]2[C@H](c3c(C)c(OC)c4c(c31)C(=O)[C@H](C)C4)C2(C)C. The Morgan fingerprint density at radius 3 is 2.61 bits per heavy atom. The van der Waals surface area contributed by atoms with Crippen molar-refractivity contribution < 1.29 is 9.53 Å². The molecule has 0 heterocycles. The molecule has 3 atom stereocenters. The van der Waals surface area contributed by atoms with Crippen molar-refractivity contribution in [3.8, 4) is 5.75 Å². The molecule has 1 fully saturated rings. The van der Waals surface area contributed by atoms with Gasteiger partial charge in [-0.1, -0.05) is 27.4 Å². The van der Waals surface area contributed by atoms with Gasteiger partial charge >= 0.3 is 0 Å². The Morgan fingerprint density at radius 1 is 1.26 bits per heavy atom. The van der Waals surface area contributed by atoms with Crippen LogP contribution in [-0.2, 0) is 6.42 Å². The molecule has 3 aliphatic rings. The second-order valence-corrected chi connectivity index (χ2v) is 8.32. The first-order valence-corrected chi connectivity index (χ1v) is 8.76. The Balaban J connectivity index is 2.08. The van der Waals surface area contributed by atoms with Crippen molar-refractivity contribution in [1.29, 1.82) is 0 Å². The molecule has 0 bridgehead atoms. The van der Waals surface area contributed by atoms with E-state index in [0.29, 0.717) is 17.3 Å². The van der Waals surface area contributed by atoms with Crippen LogP contribution in [0.5, 0.6) is 5.75 Å². The zero-order valence-corrected chi connectivity index (χ0v) is 14.9. The van der Waals surface area contributed by atoms with E-state index in [1.165, 1.54) is 23.1 Å². The van der Waals surface area contributed by atoms with Gasteiger partial charge in [-0.25, -0.2) is 0 Å². The predicted octanol–water partition coefficient (Wildman–Crippen LogP) is 4.93. The van der Waals surface area contributed by atoms with Crippen molar-refractivity contribution in [2.75, 3.05) is 7.11 Å². The van der Waals surface area contributed by atoms with E-state index in [2.05, 4.69) is 27.4 Å². The molecule has 0 radical (unpaired) electrons. The van der Waals surface area contributed by atoms with E-state index in [-0.39, 0.29) is 11.7 Å². The third kappa shape index (κ3) is 1.72. The molecule has 1 saturated carbocycles. The van der Waals surface area contributed by atoms with Crippen LogP contribution >= 0.6 is 0 Å². The first-order chi connectivity index (χ1) is 10.8. The topological polar surface area (TPSA) is 26.3 Å². The molecule has 1 aromatic rings. The molecule has 4 rings (SSSR count). The summed E-state index contributed by atoms with van der Waals surface area (Å²) in [6, 6.07) is 0. The summed E-state index contributed by atoms with van der Waals surface area (Å²) < 4.78 is 5.78. The average molecular weight is 310 g/mol. The Bertz CT molecular complexity index is 754. The van der Waals surface area contributed by atoms with Crippen LogP contribution in [-0.4, -0.2) is 12.9 Å². The fourth-order valence-electron chi connectivity index (χ4n) is 5.39.